The average molecular weight is 707 g/mol. The highest BCUT2D eigenvalue weighted by atomic mass is 16.3. The maximum Gasteiger partial charge on any atom is 0.137 e. The molecule has 5 heteroatoms. The second-order valence-electron chi connectivity index (χ2n) is 13.7. The van der Waals surface area contributed by atoms with Gasteiger partial charge in [0.05, 0.1) is 22.5 Å². The largest absolute Gasteiger partial charge is 0.456 e. The molecule has 0 saturated heterocycles. The molecule has 1 aliphatic rings. The molecule has 0 radical (unpaired) electrons. The Bertz CT molecular complexity index is 2980. The molecule has 0 saturated carbocycles. The Labute approximate surface area is 318 Å². The number of hydrogen-bond acceptors (Lipinski definition) is 5. The molecular weight excluding hydrogens is 673 g/mol. The summed E-state index contributed by atoms with van der Waals surface area (Å²) in [4.78, 5) is 2.32. The minimum atomic E-state index is 0.374. The van der Waals surface area contributed by atoms with Crippen LogP contribution in [0.15, 0.2) is 198 Å². The summed E-state index contributed by atoms with van der Waals surface area (Å²) in [7, 11) is 0. The van der Waals surface area contributed by atoms with Gasteiger partial charge in [0.2, 0.25) is 0 Å². The van der Waals surface area contributed by atoms with Gasteiger partial charge in [-0.2, -0.15) is 5.10 Å². The third kappa shape index (κ3) is 5.85. The van der Waals surface area contributed by atoms with E-state index in [0.717, 1.165) is 77.7 Å². The van der Waals surface area contributed by atoms with Gasteiger partial charge in [0.15, 0.2) is 0 Å². The Morgan fingerprint density at radius 3 is 2.02 bits per heavy atom. The number of hydrazone groups is 1. The molecule has 0 unspecified atom stereocenters. The van der Waals surface area contributed by atoms with Crippen LogP contribution < -0.4 is 10.3 Å². The van der Waals surface area contributed by atoms with Crippen LogP contribution in [0.3, 0.4) is 0 Å². The summed E-state index contributed by atoms with van der Waals surface area (Å²) in [6.45, 7) is 0. The van der Waals surface area contributed by atoms with Gasteiger partial charge in [0.1, 0.15) is 16.9 Å². The van der Waals surface area contributed by atoms with Crippen LogP contribution in [0.4, 0.5) is 22.7 Å². The van der Waals surface area contributed by atoms with Crippen molar-refractivity contribution in [2.45, 2.75) is 0 Å². The fraction of sp³-hybridized carbons (Fsp3) is 0. The minimum Gasteiger partial charge on any atom is -0.456 e. The zero-order valence-corrected chi connectivity index (χ0v) is 29.8. The lowest BCUT2D eigenvalue weighted by molar-refractivity contribution is 0.669. The first-order valence-corrected chi connectivity index (χ1v) is 18.4. The first-order chi connectivity index (χ1) is 27.2. The summed E-state index contributed by atoms with van der Waals surface area (Å²) in [5.74, 6) is 0. The molecule has 0 amide bonds. The Morgan fingerprint density at radius 2 is 1.16 bits per heavy atom. The van der Waals surface area contributed by atoms with Crippen molar-refractivity contribution in [3.05, 3.63) is 199 Å². The van der Waals surface area contributed by atoms with E-state index in [1.807, 2.05) is 66.7 Å². The third-order valence-corrected chi connectivity index (χ3v) is 10.3. The molecule has 5 nitrogen and oxygen atoms in total. The summed E-state index contributed by atoms with van der Waals surface area (Å²) in [5, 5.41) is 18.2. The van der Waals surface area contributed by atoms with Crippen LogP contribution in [0.25, 0.3) is 61.0 Å². The number of nitrogens with one attached hydrogen (secondary N) is 2. The molecule has 8 aromatic carbocycles. The SMILES string of the molecule is N=C1/C(=N\Nc2ccccc2)C=Cc2ccc3ccc(N(c4cccc(-c5cccc(-c6ccccc6)c5)c4)c4cccc5oc6ccccc6c45)cc3c21. The molecule has 0 spiro atoms. The first-order valence-electron chi connectivity index (χ1n) is 18.4. The predicted octanol–water partition coefficient (Wildman–Crippen LogP) is 13.4. The number of furan rings is 1. The van der Waals surface area contributed by atoms with Gasteiger partial charge >= 0.3 is 0 Å². The van der Waals surface area contributed by atoms with Crippen molar-refractivity contribution < 1.29 is 4.42 Å². The van der Waals surface area contributed by atoms with Gasteiger partial charge in [-0.05, 0) is 105 Å². The quantitative estimate of drug-likeness (QED) is 0.162. The van der Waals surface area contributed by atoms with E-state index >= 15 is 0 Å². The van der Waals surface area contributed by atoms with E-state index in [4.69, 9.17) is 4.42 Å². The lowest BCUT2D eigenvalue weighted by Crippen LogP contribution is -2.19. The smallest absolute Gasteiger partial charge is 0.137 e. The van der Waals surface area contributed by atoms with E-state index in [-0.39, 0.29) is 0 Å². The Hall–Kier alpha value is -7.50. The van der Waals surface area contributed by atoms with E-state index in [0.29, 0.717) is 11.4 Å². The number of hydrogen-bond donors (Lipinski definition) is 2. The molecule has 1 heterocycles. The van der Waals surface area contributed by atoms with Gasteiger partial charge in [0.25, 0.3) is 0 Å². The fourth-order valence-electron chi connectivity index (χ4n) is 7.70. The molecule has 0 aliphatic heterocycles. The highest BCUT2D eigenvalue weighted by Crippen LogP contribution is 2.45. The molecule has 260 valence electrons. The predicted molar refractivity (Wildman–Crippen MR) is 230 cm³/mol. The molecule has 1 aliphatic carbocycles. The van der Waals surface area contributed by atoms with Crippen molar-refractivity contribution in [3.8, 4) is 22.3 Å². The van der Waals surface area contributed by atoms with E-state index in [1.165, 1.54) is 11.1 Å². The second-order valence-corrected chi connectivity index (χ2v) is 13.7. The molecule has 0 bridgehead atoms. The van der Waals surface area contributed by atoms with Gasteiger partial charge in [-0.25, -0.2) is 0 Å². The standard InChI is InChI=1S/C50H34N4O/c51-50-44(53-52-39-17-5-2-6-18-39)29-27-35-25-24-34-26-28-41(32-43(34)48(35)50)54(45-21-11-23-47-49(45)42-20-7-8-22-46(42)55-47)40-19-10-16-38(31-40)37-15-9-14-36(30-37)33-12-3-1-4-13-33/h1-32,51-52H/b51-50?,53-44-. The zero-order valence-electron chi connectivity index (χ0n) is 29.8. The van der Waals surface area contributed by atoms with E-state index in [2.05, 4.69) is 143 Å². The van der Waals surface area contributed by atoms with Gasteiger partial charge in [-0.15, -0.1) is 0 Å². The molecule has 0 fully saturated rings. The van der Waals surface area contributed by atoms with Crippen LogP contribution in [0.2, 0.25) is 0 Å². The third-order valence-electron chi connectivity index (χ3n) is 10.3. The Morgan fingerprint density at radius 1 is 0.509 bits per heavy atom. The number of rotatable bonds is 7. The number of benzene rings is 8. The van der Waals surface area contributed by atoms with Crippen molar-refractivity contribution in [3.63, 3.8) is 0 Å². The summed E-state index contributed by atoms with van der Waals surface area (Å²) < 4.78 is 6.41. The summed E-state index contributed by atoms with van der Waals surface area (Å²) in [6.07, 6.45) is 3.96. The van der Waals surface area contributed by atoms with Crippen molar-refractivity contribution >= 4 is 73.0 Å². The van der Waals surface area contributed by atoms with Crippen LogP contribution >= 0.6 is 0 Å². The highest BCUT2D eigenvalue weighted by molar-refractivity contribution is 6.55. The van der Waals surface area contributed by atoms with Crippen molar-refractivity contribution in [1.82, 2.24) is 0 Å². The molecule has 2 N–H and O–H groups in total. The number of allylic oxidation sites excluding steroid dienone is 1. The van der Waals surface area contributed by atoms with E-state index in [9.17, 15) is 5.41 Å². The van der Waals surface area contributed by atoms with Crippen LogP contribution in [0, 0.1) is 5.41 Å². The maximum absolute atomic E-state index is 9.41. The highest BCUT2D eigenvalue weighted by Gasteiger charge is 2.23. The van der Waals surface area contributed by atoms with Gasteiger partial charge in [-0.1, -0.05) is 127 Å². The molecule has 55 heavy (non-hydrogen) atoms. The van der Waals surface area contributed by atoms with Crippen molar-refractivity contribution in [2.75, 3.05) is 10.3 Å². The molecular formula is C50H34N4O. The lowest BCUT2D eigenvalue weighted by Gasteiger charge is -2.27. The van der Waals surface area contributed by atoms with Crippen LogP contribution in [0.5, 0.6) is 0 Å². The number of anilines is 4. The first kappa shape index (κ1) is 32.2. The summed E-state index contributed by atoms with van der Waals surface area (Å²) in [6, 6.07) is 63.1. The molecule has 9 aromatic rings. The van der Waals surface area contributed by atoms with E-state index in [1.54, 1.807) is 0 Å². The Kier molecular flexibility index (Phi) is 7.89. The Balaban J connectivity index is 1.15. The molecule has 1 aromatic heterocycles. The normalized spacial score (nSPS) is 13.1. The van der Waals surface area contributed by atoms with Gasteiger partial charge in [0, 0.05) is 22.3 Å². The summed E-state index contributed by atoms with van der Waals surface area (Å²) in [5.41, 5.74) is 16.1. The summed E-state index contributed by atoms with van der Waals surface area (Å²) >= 11 is 0. The number of nitrogens with zero attached hydrogens (tertiary/aromatic N) is 2. The number of para-hydroxylation sites is 2. The van der Waals surface area contributed by atoms with Crippen LogP contribution in [-0.2, 0) is 0 Å². The average Bonchev–Trinajstić information content (AvgIpc) is 3.64. The lowest BCUT2D eigenvalue weighted by atomic mass is 9.89. The van der Waals surface area contributed by atoms with E-state index < -0.39 is 0 Å². The van der Waals surface area contributed by atoms with Crippen LogP contribution in [0.1, 0.15) is 11.1 Å². The minimum absolute atomic E-state index is 0.374. The number of fused-ring (bicyclic) bond motifs is 6. The molecule has 0 atom stereocenters. The second kappa shape index (κ2) is 13.5. The fourth-order valence-corrected chi connectivity index (χ4v) is 7.70. The zero-order chi connectivity index (χ0) is 36.7. The van der Waals surface area contributed by atoms with Crippen LogP contribution in [-0.4, -0.2) is 11.4 Å². The topological polar surface area (TPSA) is 64.6 Å². The monoisotopic (exact) mass is 706 g/mol. The van der Waals surface area contributed by atoms with Crippen molar-refractivity contribution in [2.24, 2.45) is 5.10 Å². The van der Waals surface area contributed by atoms with Gasteiger partial charge in [-0.3, -0.25) is 10.8 Å². The maximum atomic E-state index is 9.41. The molecule has 10 rings (SSSR count). The van der Waals surface area contributed by atoms with Gasteiger partial charge < -0.3 is 9.32 Å². The van der Waals surface area contributed by atoms with Crippen molar-refractivity contribution in [1.29, 1.82) is 5.41 Å².